The monoisotopic (exact) mass is 349 g/mol. The van der Waals surface area contributed by atoms with Gasteiger partial charge in [0, 0.05) is 22.9 Å². The molecule has 2 aliphatic rings. The second kappa shape index (κ2) is 6.40. The zero-order chi connectivity index (χ0) is 17.5. The molecule has 1 N–H and O–H groups in total. The Kier molecular flexibility index (Phi) is 3.89. The predicted octanol–water partition coefficient (Wildman–Crippen LogP) is 4.66. The zero-order valence-electron chi connectivity index (χ0n) is 14.9. The van der Waals surface area contributed by atoms with Crippen LogP contribution in [0.15, 0.2) is 40.9 Å². The van der Waals surface area contributed by atoms with Crippen LogP contribution in [0.3, 0.4) is 0 Å². The van der Waals surface area contributed by atoms with Crippen molar-refractivity contribution in [2.45, 2.75) is 50.6 Å². The number of ether oxygens (including phenoxy) is 1. The summed E-state index contributed by atoms with van der Waals surface area (Å²) in [7, 11) is 0. The summed E-state index contributed by atoms with van der Waals surface area (Å²) in [5, 5.41) is 10.2. The van der Waals surface area contributed by atoms with Gasteiger partial charge in [0.2, 0.25) is 5.89 Å². The fraction of sp³-hybridized carbons (Fsp3) is 0.429. The summed E-state index contributed by atoms with van der Waals surface area (Å²) >= 11 is 0. The lowest BCUT2D eigenvalue weighted by atomic mass is 9.97. The van der Waals surface area contributed by atoms with Crippen LogP contribution < -0.4 is 10.1 Å². The molecular weight excluding hydrogens is 326 g/mol. The Morgan fingerprint density at radius 1 is 1.12 bits per heavy atom. The number of fused-ring (bicyclic) bond motifs is 3. The molecule has 0 radical (unpaired) electrons. The Bertz CT molecular complexity index is 932. The number of nitrogens with zero attached hydrogens (tertiary/aromatic N) is 2. The normalized spacial score (nSPS) is 21.0. The van der Waals surface area contributed by atoms with Gasteiger partial charge in [-0.05, 0) is 38.0 Å². The molecule has 3 aromatic rings. The lowest BCUT2D eigenvalue weighted by Crippen LogP contribution is -2.24. The molecular formula is C21H23N3O2. The molecule has 26 heavy (non-hydrogen) atoms. The molecule has 0 spiro atoms. The van der Waals surface area contributed by atoms with E-state index < -0.39 is 0 Å². The lowest BCUT2D eigenvalue weighted by Gasteiger charge is -2.22. The van der Waals surface area contributed by atoms with Gasteiger partial charge in [-0.25, -0.2) is 0 Å². The summed E-state index contributed by atoms with van der Waals surface area (Å²) in [5.74, 6) is 3.07. The highest BCUT2D eigenvalue weighted by Gasteiger charge is 2.30. The SMILES string of the molecule is C[C@@H](N[C@@H]1CCCOc2c1ccc1ccccc21)c1nc(C2CC2)no1. The maximum Gasteiger partial charge on any atom is 0.243 e. The van der Waals surface area contributed by atoms with Crippen LogP contribution in [0.2, 0.25) is 0 Å². The summed E-state index contributed by atoms with van der Waals surface area (Å²) in [6.07, 6.45) is 4.41. The standard InChI is InChI=1S/C21H23N3O2/c1-13(21-23-20(24-26-21)15-8-9-15)22-18-7-4-12-25-19-16-6-3-2-5-14(16)10-11-17(18)19/h2-3,5-6,10-11,13,15,18,22H,4,7-9,12H2,1H3/t13-,18-/m1/s1. The minimum Gasteiger partial charge on any atom is -0.493 e. The van der Waals surface area contributed by atoms with E-state index in [-0.39, 0.29) is 12.1 Å². The summed E-state index contributed by atoms with van der Waals surface area (Å²) in [4.78, 5) is 4.60. The summed E-state index contributed by atoms with van der Waals surface area (Å²) in [6, 6.07) is 13.0. The van der Waals surface area contributed by atoms with E-state index in [0.29, 0.717) is 11.8 Å². The number of benzene rings is 2. The Morgan fingerprint density at radius 2 is 2.00 bits per heavy atom. The molecule has 1 aliphatic carbocycles. The molecule has 0 unspecified atom stereocenters. The molecule has 0 saturated heterocycles. The maximum atomic E-state index is 6.13. The second-order valence-corrected chi connectivity index (χ2v) is 7.40. The van der Waals surface area contributed by atoms with Crippen molar-refractivity contribution < 1.29 is 9.26 Å². The molecule has 1 aliphatic heterocycles. The van der Waals surface area contributed by atoms with E-state index in [2.05, 4.69) is 58.8 Å². The van der Waals surface area contributed by atoms with Crippen molar-refractivity contribution in [3.05, 3.63) is 53.7 Å². The van der Waals surface area contributed by atoms with Gasteiger partial charge in [-0.1, -0.05) is 41.6 Å². The van der Waals surface area contributed by atoms with Crippen molar-refractivity contribution in [3.63, 3.8) is 0 Å². The average molecular weight is 349 g/mol. The van der Waals surface area contributed by atoms with Gasteiger partial charge in [-0.3, -0.25) is 5.32 Å². The zero-order valence-corrected chi connectivity index (χ0v) is 14.9. The van der Waals surface area contributed by atoms with Crippen molar-refractivity contribution in [1.82, 2.24) is 15.5 Å². The molecule has 134 valence electrons. The van der Waals surface area contributed by atoms with Gasteiger partial charge in [0.25, 0.3) is 0 Å². The first-order valence-electron chi connectivity index (χ1n) is 9.53. The van der Waals surface area contributed by atoms with Crippen molar-refractivity contribution in [2.75, 3.05) is 6.61 Å². The second-order valence-electron chi connectivity index (χ2n) is 7.40. The lowest BCUT2D eigenvalue weighted by molar-refractivity contribution is 0.308. The number of aromatic nitrogens is 2. The summed E-state index contributed by atoms with van der Waals surface area (Å²) in [5.41, 5.74) is 1.22. The average Bonchev–Trinajstić information content (AvgIpc) is 3.44. The van der Waals surface area contributed by atoms with Crippen LogP contribution in [0.5, 0.6) is 5.75 Å². The van der Waals surface area contributed by atoms with E-state index >= 15 is 0 Å². The Morgan fingerprint density at radius 3 is 2.88 bits per heavy atom. The molecule has 0 bridgehead atoms. The quantitative estimate of drug-likeness (QED) is 0.742. The predicted molar refractivity (Wildman–Crippen MR) is 99.2 cm³/mol. The van der Waals surface area contributed by atoms with Crippen molar-refractivity contribution in [1.29, 1.82) is 0 Å². The van der Waals surface area contributed by atoms with Gasteiger partial charge in [-0.15, -0.1) is 0 Å². The molecule has 2 atom stereocenters. The van der Waals surface area contributed by atoms with Crippen LogP contribution in [-0.2, 0) is 0 Å². The van der Waals surface area contributed by atoms with Crippen LogP contribution in [-0.4, -0.2) is 16.7 Å². The van der Waals surface area contributed by atoms with E-state index in [4.69, 9.17) is 9.26 Å². The van der Waals surface area contributed by atoms with Gasteiger partial charge >= 0.3 is 0 Å². The van der Waals surface area contributed by atoms with Gasteiger partial charge in [0.15, 0.2) is 5.82 Å². The molecule has 1 aromatic heterocycles. The summed E-state index contributed by atoms with van der Waals surface area (Å²) in [6.45, 7) is 2.84. The van der Waals surface area contributed by atoms with Crippen LogP contribution in [0, 0.1) is 0 Å². The first-order chi connectivity index (χ1) is 12.8. The van der Waals surface area contributed by atoms with Gasteiger partial charge in [0.05, 0.1) is 12.6 Å². The molecule has 2 aromatic carbocycles. The molecule has 5 nitrogen and oxygen atoms in total. The number of hydrogen-bond acceptors (Lipinski definition) is 5. The van der Waals surface area contributed by atoms with E-state index in [1.54, 1.807) is 0 Å². The van der Waals surface area contributed by atoms with Crippen molar-refractivity contribution >= 4 is 10.8 Å². The minimum absolute atomic E-state index is 0.0115. The van der Waals surface area contributed by atoms with Gasteiger partial charge in [-0.2, -0.15) is 4.98 Å². The Labute approximate surface area is 152 Å². The fourth-order valence-corrected chi connectivity index (χ4v) is 3.79. The molecule has 5 rings (SSSR count). The maximum absolute atomic E-state index is 6.13. The van der Waals surface area contributed by atoms with Gasteiger partial charge in [0.1, 0.15) is 5.75 Å². The topological polar surface area (TPSA) is 60.2 Å². The smallest absolute Gasteiger partial charge is 0.243 e. The van der Waals surface area contributed by atoms with Gasteiger partial charge < -0.3 is 9.26 Å². The van der Waals surface area contributed by atoms with E-state index in [1.165, 1.54) is 29.2 Å². The highest BCUT2D eigenvalue weighted by Crippen LogP contribution is 2.40. The number of nitrogens with one attached hydrogen (secondary N) is 1. The third-order valence-electron chi connectivity index (χ3n) is 5.39. The highest BCUT2D eigenvalue weighted by atomic mass is 16.5. The Hall–Kier alpha value is -2.40. The number of hydrogen-bond donors (Lipinski definition) is 1. The van der Waals surface area contributed by atoms with E-state index in [9.17, 15) is 0 Å². The van der Waals surface area contributed by atoms with Crippen molar-refractivity contribution in [3.8, 4) is 5.75 Å². The fourth-order valence-electron chi connectivity index (χ4n) is 3.79. The van der Waals surface area contributed by atoms with Crippen molar-refractivity contribution in [2.24, 2.45) is 0 Å². The van der Waals surface area contributed by atoms with Crippen LogP contribution in [0.1, 0.15) is 67.9 Å². The molecule has 0 amide bonds. The van der Waals surface area contributed by atoms with E-state index in [1.807, 2.05) is 0 Å². The third-order valence-corrected chi connectivity index (χ3v) is 5.39. The number of rotatable bonds is 4. The summed E-state index contributed by atoms with van der Waals surface area (Å²) < 4.78 is 11.6. The Balaban J connectivity index is 1.44. The van der Waals surface area contributed by atoms with E-state index in [0.717, 1.165) is 31.0 Å². The molecule has 1 saturated carbocycles. The molecule has 2 heterocycles. The third kappa shape index (κ3) is 2.86. The molecule has 5 heteroatoms. The first kappa shape index (κ1) is 15.8. The first-order valence-corrected chi connectivity index (χ1v) is 9.53. The largest absolute Gasteiger partial charge is 0.493 e. The molecule has 1 fully saturated rings. The highest BCUT2D eigenvalue weighted by molar-refractivity contribution is 5.89. The van der Waals surface area contributed by atoms with Crippen LogP contribution >= 0.6 is 0 Å². The van der Waals surface area contributed by atoms with Crippen LogP contribution in [0.25, 0.3) is 10.8 Å². The van der Waals surface area contributed by atoms with Crippen LogP contribution in [0.4, 0.5) is 0 Å². The minimum atomic E-state index is 0.0115.